The minimum Gasteiger partial charge on any atom is -0.508 e. The van der Waals surface area contributed by atoms with Gasteiger partial charge in [0.05, 0.1) is 34.9 Å². The number of imide groups is 2. The predicted octanol–water partition coefficient (Wildman–Crippen LogP) is 8.31. The van der Waals surface area contributed by atoms with Crippen molar-refractivity contribution in [3.63, 3.8) is 0 Å². The molecular formula is C42H49BrF2N2O10. The van der Waals surface area contributed by atoms with Crippen LogP contribution in [0.15, 0.2) is 60.2 Å². The molecule has 0 aromatic heterocycles. The number of alkyl halides is 1. The molecule has 2 saturated carbocycles. The minimum absolute atomic E-state index is 0.00527. The van der Waals surface area contributed by atoms with E-state index in [1.165, 1.54) is 34.1 Å². The molecule has 2 aliphatic carbocycles. The van der Waals surface area contributed by atoms with Crippen LogP contribution in [-0.2, 0) is 19.1 Å². The topological polar surface area (TPSA) is 157 Å². The number of phenols is 1. The number of carbonyl (C=O) groups excluding carboxylic acids is 6. The van der Waals surface area contributed by atoms with Crippen molar-refractivity contribution in [2.45, 2.75) is 116 Å². The summed E-state index contributed by atoms with van der Waals surface area (Å²) < 4.78 is 41.1. The fraction of sp³-hybridized carbons (Fsp3) is 0.476. The molecule has 0 bridgehead atoms. The van der Waals surface area contributed by atoms with Gasteiger partial charge in [-0.05, 0) is 128 Å². The Morgan fingerprint density at radius 1 is 0.684 bits per heavy atom. The van der Waals surface area contributed by atoms with E-state index in [9.17, 15) is 42.7 Å². The standard InChI is InChI=1S/C21H24FNO5.C11H9NO3.C10H16BrFO2/c1-21(2,3)28-18(24)9-4-13(11-22)12-27-15-7-8-16-17(10-15)20(26)23(19(16)25)14-5-6-14;13-7-3-4-8-9(5-7)11(15)12(10(8)14)6-1-2-6;1-10(2,3)14-9(13)5-4-8(6-11)7-12/h7-8,10-11,14H,4-6,9,12H2,1-3H3;3-6,13H,1-2H2;7H,4-6H2,1-3H3/b13-11-;;8-7-. The lowest BCUT2D eigenvalue weighted by Gasteiger charge is -2.19. The van der Waals surface area contributed by atoms with Gasteiger partial charge in [-0.25, -0.2) is 8.78 Å². The third-order valence-electron chi connectivity index (χ3n) is 8.66. The third-order valence-corrected chi connectivity index (χ3v) is 9.38. The number of amides is 4. The lowest BCUT2D eigenvalue weighted by Crippen LogP contribution is -2.31. The van der Waals surface area contributed by atoms with Gasteiger partial charge in [0.1, 0.15) is 29.3 Å². The third kappa shape index (κ3) is 12.8. The summed E-state index contributed by atoms with van der Waals surface area (Å²) in [7, 11) is 0. The number of hydrogen-bond donors (Lipinski definition) is 1. The van der Waals surface area contributed by atoms with Gasteiger partial charge in [-0.2, -0.15) is 0 Å². The molecule has 6 rings (SSSR count). The average molecular weight is 860 g/mol. The van der Waals surface area contributed by atoms with E-state index >= 15 is 0 Å². The minimum atomic E-state index is -0.587. The molecule has 12 nitrogen and oxygen atoms in total. The van der Waals surface area contributed by atoms with Crippen molar-refractivity contribution in [1.29, 1.82) is 0 Å². The summed E-state index contributed by atoms with van der Waals surface area (Å²) in [6.45, 7) is 10.7. The van der Waals surface area contributed by atoms with E-state index in [-0.39, 0.29) is 73.3 Å². The quantitative estimate of drug-likeness (QED) is 0.125. The Balaban J connectivity index is 0.000000209. The van der Waals surface area contributed by atoms with Gasteiger partial charge in [0.25, 0.3) is 23.6 Å². The van der Waals surface area contributed by atoms with Crippen molar-refractivity contribution in [3.8, 4) is 11.5 Å². The first-order chi connectivity index (χ1) is 26.8. The van der Waals surface area contributed by atoms with Crippen LogP contribution in [0.2, 0.25) is 0 Å². The molecular weight excluding hydrogens is 810 g/mol. The highest BCUT2D eigenvalue weighted by Crippen LogP contribution is 2.37. The highest BCUT2D eigenvalue weighted by atomic mass is 79.9. The number of esters is 2. The molecule has 0 spiro atoms. The van der Waals surface area contributed by atoms with Crippen LogP contribution < -0.4 is 4.74 Å². The second kappa shape index (κ2) is 19.0. The summed E-state index contributed by atoms with van der Waals surface area (Å²) in [6.07, 6.45) is 5.27. The van der Waals surface area contributed by atoms with Gasteiger partial charge in [0.15, 0.2) is 0 Å². The Morgan fingerprint density at radius 2 is 1.11 bits per heavy atom. The number of allylic oxidation sites excluding steroid dienone is 1. The van der Waals surface area contributed by atoms with Gasteiger partial charge in [-0.15, -0.1) is 0 Å². The maximum Gasteiger partial charge on any atom is 0.306 e. The van der Waals surface area contributed by atoms with Crippen molar-refractivity contribution in [1.82, 2.24) is 9.80 Å². The van der Waals surface area contributed by atoms with Gasteiger partial charge < -0.3 is 19.3 Å². The van der Waals surface area contributed by atoms with Crippen molar-refractivity contribution in [2.24, 2.45) is 0 Å². The monoisotopic (exact) mass is 858 g/mol. The van der Waals surface area contributed by atoms with Crippen LogP contribution in [0.1, 0.15) is 134 Å². The zero-order chi connectivity index (χ0) is 42.2. The Hall–Kier alpha value is -4.92. The summed E-state index contributed by atoms with van der Waals surface area (Å²) >= 11 is 3.13. The summed E-state index contributed by atoms with van der Waals surface area (Å²) in [5.41, 5.74) is 1.23. The van der Waals surface area contributed by atoms with Crippen molar-refractivity contribution in [2.75, 3.05) is 11.9 Å². The van der Waals surface area contributed by atoms with E-state index in [1.54, 1.807) is 53.7 Å². The number of fused-ring (bicyclic) bond motifs is 2. The zero-order valence-electron chi connectivity index (χ0n) is 33.0. The molecule has 0 saturated heterocycles. The SMILES string of the molecule is CC(C)(C)OC(=O)CC/C(=C/F)CBr.CC(C)(C)OC(=O)CC/C(=C/F)COc1ccc2c(c1)C(=O)N(C1CC1)C2=O.O=C1c2ccc(O)cc2C(=O)N1C1CC1. The number of hydrogen-bond acceptors (Lipinski definition) is 10. The first-order valence-corrected chi connectivity index (χ1v) is 19.8. The number of phenolic OH excluding ortho intramolecular Hbond substituents is 1. The second-order valence-corrected chi connectivity index (χ2v) is 16.6. The van der Waals surface area contributed by atoms with Crippen LogP contribution >= 0.6 is 15.9 Å². The highest BCUT2D eigenvalue weighted by molar-refractivity contribution is 9.09. The van der Waals surface area contributed by atoms with Gasteiger partial charge >= 0.3 is 11.9 Å². The Kier molecular flexibility index (Phi) is 14.9. The molecule has 2 aliphatic heterocycles. The molecule has 0 atom stereocenters. The number of carbonyl (C=O) groups is 6. The predicted molar refractivity (Wildman–Crippen MR) is 209 cm³/mol. The molecule has 2 aromatic carbocycles. The smallest absolute Gasteiger partial charge is 0.306 e. The summed E-state index contributed by atoms with van der Waals surface area (Å²) in [6, 6.07) is 9.05. The molecule has 308 valence electrons. The molecule has 57 heavy (non-hydrogen) atoms. The van der Waals surface area contributed by atoms with Gasteiger partial charge in [-0.3, -0.25) is 38.6 Å². The van der Waals surface area contributed by atoms with Crippen LogP contribution in [0.3, 0.4) is 0 Å². The molecule has 4 amide bonds. The van der Waals surface area contributed by atoms with Crippen molar-refractivity contribution in [3.05, 3.63) is 82.5 Å². The van der Waals surface area contributed by atoms with Crippen molar-refractivity contribution >= 4 is 51.5 Å². The molecule has 15 heteroatoms. The lowest BCUT2D eigenvalue weighted by molar-refractivity contribution is -0.155. The van der Waals surface area contributed by atoms with E-state index in [1.807, 2.05) is 0 Å². The molecule has 2 heterocycles. The van der Waals surface area contributed by atoms with Crippen LogP contribution in [0.5, 0.6) is 11.5 Å². The second-order valence-electron chi connectivity index (χ2n) is 16.0. The first-order valence-electron chi connectivity index (χ1n) is 18.7. The number of halogens is 3. The number of benzene rings is 2. The Bertz CT molecular complexity index is 1940. The van der Waals surface area contributed by atoms with Crippen LogP contribution in [-0.4, -0.2) is 85.7 Å². The van der Waals surface area contributed by atoms with Crippen LogP contribution in [0, 0.1) is 0 Å². The Labute approximate surface area is 339 Å². The van der Waals surface area contributed by atoms with E-state index in [4.69, 9.17) is 14.2 Å². The van der Waals surface area contributed by atoms with E-state index in [2.05, 4.69) is 15.9 Å². The average Bonchev–Trinajstić information content (AvgIpc) is 4.08. The number of ether oxygens (including phenoxy) is 3. The van der Waals surface area contributed by atoms with E-state index in [0.717, 1.165) is 25.7 Å². The van der Waals surface area contributed by atoms with Crippen LogP contribution in [0.25, 0.3) is 0 Å². The molecule has 0 unspecified atom stereocenters. The summed E-state index contributed by atoms with van der Waals surface area (Å²) in [5, 5.41) is 9.71. The zero-order valence-corrected chi connectivity index (χ0v) is 34.6. The van der Waals surface area contributed by atoms with Crippen LogP contribution in [0.4, 0.5) is 8.78 Å². The lowest BCUT2D eigenvalue weighted by atomic mass is 10.1. The number of nitrogens with zero attached hydrogens (tertiary/aromatic N) is 2. The first kappa shape index (κ1) is 44.8. The van der Waals surface area contributed by atoms with E-state index < -0.39 is 17.2 Å². The largest absolute Gasteiger partial charge is 0.508 e. The molecule has 2 fully saturated rings. The Morgan fingerprint density at radius 3 is 1.53 bits per heavy atom. The molecule has 0 radical (unpaired) electrons. The fourth-order valence-corrected chi connectivity index (χ4v) is 6.10. The van der Waals surface area contributed by atoms with Crippen molar-refractivity contribution < 1.29 is 56.9 Å². The van der Waals surface area contributed by atoms with Gasteiger partial charge in [0.2, 0.25) is 0 Å². The molecule has 4 aliphatic rings. The maximum atomic E-state index is 13.1. The van der Waals surface area contributed by atoms with Gasteiger partial charge in [-0.1, -0.05) is 15.9 Å². The molecule has 2 aromatic rings. The normalized spacial score (nSPS) is 16.6. The summed E-state index contributed by atoms with van der Waals surface area (Å²) in [4.78, 5) is 74.0. The fourth-order valence-electron chi connectivity index (χ4n) is 5.70. The highest BCUT2D eigenvalue weighted by Gasteiger charge is 2.45. The maximum absolute atomic E-state index is 13.1. The molecule has 1 N–H and O–H groups in total. The van der Waals surface area contributed by atoms with Gasteiger partial charge in [0, 0.05) is 30.3 Å². The number of aromatic hydroxyl groups is 1. The summed E-state index contributed by atoms with van der Waals surface area (Å²) in [5.74, 6) is -1.38. The number of rotatable bonds is 12. The van der Waals surface area contributed by atoms with E-state index in [0.29, 0.717) is 63.6 Å².